The summed E-state index contributed by atoms with van der Waals surface area (Å²) in [5, 5.41) is 18.3. The van der Waals surface area contributed by atoms with E-state index < -0.39 is 17.5 Å². The van der Waals surface area contributed by atoms with Crippen LogP contribution in [-0.4, -0.2) is 60.8 Å². The zero-order valence-electron chi connectivity index (χ0n) is 16.4. The molecule has 0 rings (SSSR count). The molecule has 0 heterocycles. The third kappa shape index (κ3) is 11.9. The number of carboxylic acid groups (broad SMARTS) is 2. The van der Waals surface area contributed by atoms with Gasteiger partial charge in [-0.3, -0.25) is 0 Å². The van der Waals surface area contributed by atoms with Gasteiger partial charge < -0.3 is 24.4 Å². The molecule has 7 heteroatoms. The van der Waals surface area contributed by atoms with E-state index >= 15 is 0 Å². The molecule has 148 valence electrons. The minimum atomic E-state index is -1.26. The minimum absolute atomic E-state index is 0.150. The quantitative estimate of drug-likeness (QED) is 0.515. The van der Waals surface area contributed by atoms with E-state index in [-0.39, 0.29) is 43.9 Å². The van der Waals surface area contributed by atoms with Gasteiger partial charge in [-0.25, -0.2) is 9.59 Å². The number of hydrogen-bond acceptors (Lipinski definition) is 5. The Morgan fingerprint density at radius 1 is 0.760 bits per heavy atom. The molecule has 0 aromatic carbocycles. The SMILES string of the molecule is CC(C)(C)CC(CC(C)(C)C)(OCCOCCOCC(=O)O)C(=O)O. The van der Waals surface area contributed by atoms with Crippen LogP contribution in [0.25, 0.3) is 0 Å². The lowest BCUT2D eigenvalue weighted by Gasteiger charge is -2.39. The Hall–Kier alpha value is -1.18. The van der Waals surface area contributed by atoms with Crippen molar-refractivity contribution in [2.45, 2.75) is 60.0 Å². The fourth-order valence-corrected chi connectivity index (χ4v) is 2.77. The number of carbonyl (C=O) groups is 2. The van der Waals surface area contributed by atoms with Crippen molar-refractivity contribution in [3.8, 4) is 0 Å². The van der Waals surface area contributed by atoms with Gasteiger partial charge in [0.25, 0.3) is 0 Å². The Labute approximate surface area is 150 Å². The van der Waals surface area contributed by atoms with Gasteiger partial charge in [0, 0.05) is 0 Å². The molecule has 0 saturated carbocycles. The van der Waals surface area contributed by atoms with Crippen LogP contribution in [0.3, 0.4) is 0 Å². The molecule has 2 N–H and O–H groups in total. The molecule has 0 unspecified atom stereocenters. The van der Waals surface area contributed by atoms with Crippen LogP contribution in [0.2, 0.25) is 0 Å². The largest absolute Gasteiger partial charge is 0.480 e. The lowest BCUT2D eigenvalue weighted by atomic mass is 9.73. The molecular weight excluding hydrogens is 328 g/mol. The van der Waals surface area contributed by atoms with Crippen molar-refractivity contribution >= 4 is 11.9 Å². The lowest BCUT2D eigenvalue weighted by Crippen LogP contribution is -2.48. The zero-order valence-corrected chi connectivity index (χ0v) is 16.4. The molecule has 0 radical (unpaired) electrons. The van der Waals surface area contributed by atoms with Crippen LogP contribution in [0.1, 0.15) is 54.4 Å². The Morgan fingerprint density at radius 3 is 1.60 bits per heavy atom. The summed E-state index contributed by atoms with van der Waals surface area (Å²) in [7, 11) is 0. The average molecular weight is 362 g/mol. The molecule has 0 aliphatic rings. The van der Waals surface area contributed by atoms with Crippen LogP contribution in [0.15, 0.2) is 0 Å². The normalized spacial score (nSPS) is 13.0. The summed E-state index contributed by atoms with van der Waals surface area (Å²) in [6, 6.07) is 0. The molecule has 0 spiro atoms. The number of aliphatic carboxylic acids is 2. The summed E-state index contributed by atoms with van der Waals surface area (Å²) in [5.41, 5.74) is -1.66. The third-order valence-corrected chi connectivity index (χ3v) is 3.23. The van der Waals surface area contributed by atoms with Crippen LogP contribution in [0.4, 0.5) is 0 Å². The van der Waals surface area contributed by atoms with E-state index in [4.69, 9.17) is 19.3 Å². The molecule has 0 aliphatic carbocycles. The van der Waals surface area contributed by atoms with E-state index in [0.29, 0.717) is 12.8 Å². The van der Waals surface area contributed by atoms with Gasteiger partial charge in [-0.2, -0.15) is 0 Å². The summed E-state index contributed by atoms with van der Waals surface area (Å²) in [6.07, 6.45) is 0.794. The third-order valence-electron chi connectivity index (χ3n) is 3.23. The number of rotatable bonds is 12. The first-order valence-electron chi connectivity index (χ1n) is 8.52. The smallest absolute Gasteiger partial charge is 0.336 e. The van der Waals surface area contributed by atoms with Gasteiger partial charge in [-0.1, -0.05) is 41.5 Å². The standard InChI is InChI=1S/C18H34O7/c1-16(2,3)12-18(15(21)22,13-17(4,5)6)25-10-9-23-7-8-24-11-14(19)20/h7-13H2,1-6H3,(H,19,20)(H,21,22). The predicted molar refractivity (Wildman–Crippen MR) is 93.7 cm³/mol. The highest BCUT2D eigenvalue weighted by Gasteiger charge is 2.45. The van der Waals surface area contributed by atoms with Gasteiger partial charge >= 0.3 is 11.9 Å². The van der Waals surface area contributed by atoms with Crippen molar-refractivity contribution in [1.82, 2.24) is 0 Å². The summed E-state index contributed by atoms with van der Waals surface area (Å²) < 4.78 is 16.0. The molecule has 0 fully saturated rings. The van der Waals surface area contributed by atoms with E-state index in [9.17, 15) is 14.7 Å². The zero-order chi connectivity index (χ0) is 19.7. The van der Waals surface area contributed by atoms with Crippen LogP contribution in [0.5, 0.6) is 0 Å². The van der Waals surface area contributed by atoms with Gasteiger partial charge in [0.1, 0.15) is 6.61 Å². The maximum atomic E-state index is 12.0. The summed E-state index contributed by atoms with van der Waals surface area (Å²) in [6.45, 7) is 12.4. The lowest BCUT2D eigenvalue weighted by molar-refractivity contribution is -0.178. The Kier molecular flexibility index (Phi) is 9.61. The van der Waals surface area contributed by atoms with Crippen molar-refractivity contribution in [1.29, 1.82) is 0 Å². The maximum absolute atomic E-state index is 12.0. The first kappa shape index (κ1) is 23.8. The van der Waals surface area contributed by atoms with Crippen molar-refractivity contribution in [2.75, 3.05) is 33.0 Å². The summed E-state index contributed by atoms with van der Waals surface area (Å²) >= 11 is 0. The molecule has 0 saturated heterocycles. The van der Waals surface area contributed by atoms with E-state index in [2.05, 4.69) is 0 Å². The maximum Gasteiger partial charge on any atom is 0.336 e. The monoisotopic (exact) mass is 362 g/mol. The van der Waals surface area contributed by atoms with Gasteiger partial charge in [0.15, 0.2) is 5.60 Å². The molecule has 0 amide bonds. The highest BCUT2D eigenvalue weighted by atomic mass is 16.6. The van der Waals surface area contributed by atoms with E-state index in [1.165, 1.54) is 0 Å². The van der Waals surface area contributed by atoms with E-state index in [1.807, 2.05) is 41.5 Å². The van der Waals surface area contributed by atoms with Crippen LogP contribution in [0, 0.1) is 10.8 Å². The molecule has 0 aliphatic heterocycles. The van der Waals surface area contributed by atoms with Gasteiger partial charge in [0.2, 0.25) is 0 Å². The fraction of sp³-hybridized carbons (Fsp3) is 0.889. The fourth-order valence-electron chi connectivity index (χ4n) is 2.77. The highest BCUT2D eigenvalue weighted by molar-refractivity contribution is 5.77. The molecule has 0 aromatic heterocycles. The highest BCUT2D eigenvalue weighted by Crippen LogP contribution is 2.38. The molecular formula is C18H34O7. The predicted octanol–water partition coefficient (Wildman–Crippen LogP) is 2.82. The second-order valence-electron chi connectivity index (χ2n) is 8.68. The summed E-state index contributed by atoms with van der Waals surface area (Å²) in [5.74, 6) is -1.99. The Balaban J connectivity index is 4.58. The number of hydrogen-bond donors (Lipinski definition) is 2. The molecule has 0 bridgehead atoms. The Morgan fingerprint density at radius 2 is 1.20 bits per heavy atom. The molecule has 0 aromatic rings. The second kappa shape index (κ2) is 10.1. The molecule has 0 atom stereocenters. The van der Waals surface area contributed by atoms with Gasteiger partial charge in [-0.05, 0) is 23.7 Å². The minimum Gasteiger partial charge on any atom is -0.480 e. The topological polar surface area (TPSA) is 102 Å². The number of ether oxygens (including phenoxy) is 3. The van der Waals surface area contributed by atoms with Gasteiger partial charge in [-0.15, -0.1) is 0 Å². The van der Waals surface area contributed by atoms with E-state index in [1.54, 1.807) is 0 Å². The summed E-state index contributed by atoms with van der Waals surface area (Å²) in [4.78, 5) is 22.3. The van der Waals surface area contributed by atoms with Crippen molar-refractivity contribution in [2.24, 2.45) is 10.8 Å². The van der Waals surface area contributed by atoms with Crippen LogP contribution in [-0.2, 0) is 23.8 Å². The Bertz CT molecular complexity index is 402. The first-order chi connectivity index (χ1) is 11.3. The van der Waals surface area contributed by atoms with E-state index in [0.717, 1.165) is 0 Å². The molecule has 25 heavy (non-hydrogen) atoms. The van der Waals surface area contributed by atoms with Crippen molar-refractivity contribution < 1.29 is 34.0 Å². The van der Waals surface area contributed by atoms with Crippen molar-refractivity contribution in [3.63, 3.8) is 0 Å². The molecule has 7 nitrogen and oxygen atoms in total. The number of carboxylic acids is 2. The first-order valence-corrected chi connectivity index (χ1v) is 8.52. The second-order valence-corrected chi connectivity index (χ2v) is 8.68. The van der Waals surface area contributed by atoms with Gasteiger partial charge in [0.05, 0.1) is 26.4 Å². The van der Waals surface area contributed by atoms with Crippen LogP contribution >= 0.6 is 0 Å². The average Bonchev–Trinajstić information content (AvgIpc) is 2.37. The van der Waals surface area contributed by atoms with Crippen LogP contribution < -0.4 is 0 Å². The van der Waals surface area contributed by atoms with Crippen molar-refractivity contribution in [3.05, 3.63) is 0 Å².